The van der Waals surface area contributed by atoms with Crippen molar-refractivity contribution >= 4 is 11.3 Å². The summed E-state index contributed by atoms with van der Waals surface area (Å²) in [4.78, 5) is 2.85. The van der Waals surface area contributed by atoms with Gasteiger partial charge in [-0.05, 0) is 37.1 Å². The van der Waals surface area contributed by atoms with Crippen molar-refractivity contribution in [2.45, 2.75) is 20.0 Å². The number of alkyl halides is 3. The minimum Gasteiger partial charge on any atom is -0.431 e. The van der Waals surface area contributed by atoms with Crippen LogP contribution in [0.2, 0.25) is 0 Å². The normalized spacial score (nSPS) is 11.6. The fourth-order valence-electron chi connectivity index (χ4n) is 1.53. The van der Waals surface area contributed by atoms with Gasteiger partial charge in [-0.1, -0.05) is 17.4 Å². The number of nitrogens with zero attached hydrogens (tertiary/aromatic N) is 1. The zero-order valence-electron chi connectivity index (χ0n) is 9.71. The van der Waals surface area contributed by atoms with E-state index >= 15 is 0 Å². The topological polar surface area (TPSA) is 22.1 Å². The predicted molar refractivity (Wildman–Crippen MR) is 63.1 cm³/mol. The molecule has 96 valence electrons. The Hall–Kier alpha value is -1.56. The maximum absolute atomic E-state index is 12.4. The van der Waals surface area contributed by atoms with E-state index in [9.17, 15) is 13.2 Å². The molecule has 1 aromatic carbocycles. The summed E-state index contributed by atoms with van der Waals surface area (Å²) < 4.78 is 42.5. The van der Waals surface area contributed by atoms with Crippen molar-refractivity contribution in [3.63, 3.8) is 0 Å². The summed E-state index contributed by atoms with van der Waals surface area (Å²) in [7, 11) is 0. The van der Waals surface area contributed by atoms with E-state index < -0.39 is 11.1 Å². The third-order valence-corrected chi connectivity index (χ3v) is 3.08. The molecule has 1 heterocycles. The molecule has 2 nitrogen and oxygen atoms in total. The summed E-state index contributed by atoms with van der Waals surface area (Å²) in [6.45, 7) is 3.78. The van der Waals surface area contributed by atoms with E-state index in [1.165, 1.54) is 0 Å². The summed E-state index contributed by atoms with van der Waals surface area (Å²) in [5.41, 5.74) is 1.97. The van der Waals surface area contributed by atoms with Crippen molar-refractivity contribution in [1.29, 1.82) is 0 Å². The SMILES string of the molecule is Cc1cc(C)cc(Oc2ncc(C(F)(F)F)s2)c1. The molecule has 0 saturated carbocycles. The van der Waals surface area contributed by atoms with E-state index in [1.807, 2.05) is 19.9 Å². The molecule has 6 heteroatoms. The maximum Gasteiger partial charge on any atom is 0.427 e. The van der Waals surface area contributed by atoms with Gasteiger partial charge >= 0.3 is 6.18 Å². The van der Waals surface area contributed by atoms with Gasteiger partial charge in [-0.2, -0.15) is 13.2 Å². The van der Waals surface area contributed by atoms with Crippen LogP contribution < -0.4 is 4.74 Å². The highest BCUT2D eigenvalue weighted by atomic mass is 32.1. The molecule has 0 saturated heterocycles. The second-order valence-electron chi connectivity index (χ2n) is 3.91. The average molecular weight is 273 g/mol. The number of rotatable bonds is 2. The zero-order chi connectivity index (χ0) is 13.3. The number of aromatic nitrogens is 1. The highest BCUT2D eigenvalue weighted by molar-refractivity contribution is 7.13. The van der Waals surface area contributed by atoms with Gasteiger partial charge in [0.25, 0.3) is 5.19 Å². The highest BCUT2D eigenvalue weighted by Gasteiger charge is 2.33. The first kappa shape index (κ1) is 12.9. The van der Waals surface area contributed by atoms with Crippen molar-refractivity contribution in [2.75, 3.05) is 0 Å². The molecule has 0 amide bonds. The van der Waals surface area contributed by atoms with E-state index in [2.05, 4.69) is 4.98 Å². The third kappa shape index (κ3) is 3.01. The van der Waals surface area contributed by atoms with E-state index in [-0.39, 0.29) is 5.19 Å². The second kappa shape index (κ2) is 4.61. The second-order valence-corrected chi connectivity index (χ2v) is 4.91. The van der Waals surface area contributed by atoms with Gasteiger partial charge < -0.3 is 4.74 Å². The molecule has 0 aliphatic carbocycles. The van der Waals surface area contributed by atoms with Crippen LogP contribution in [0.4, 0.5) is 13.2 Å². The molecule has 2 aromatic rings. The summed E-state index contributed by atoms with van der Waals surface area (Å²) in [6.07, 6.45) is -3.59. The number of thiazole rings is 1. The van der Waals surface area contributed by atoms with Crippen LogP contribution in [0.15, 0.2) is 24.4 Å². The van der Waals surface area contributed by atoms with Crippen LogP contribution in [-0.4, -0.2) is 4.98 Å². The standard InChI is InChI=1S/C12H10F3NOS/c1-7-3-8(2)5-9(4-7)17-11-16-6-10(18-11)12(13,14)15/h3-6H,1-2H3. The summed E-state index contributed by atoms with van der Waals surface area (Å²) >= 11 is 0.488. The van der Waals surface area contributed by atoms with Gasteiger partial charge in [0, 0.05) is 0 Å². The lowest BCUT2D eigenvalue weighted by atomic mass is 10.1. The molecule has 0 N–H and O–H groups in total. The molecule has 0 fully saturated rings. The molecule has 0 radical (unpaired) electrons. The third-order valence-electron chi connectivity index (χ3n) is 2.16. The number of hydrogen-bond donors (Lipinski definition) is 0. The molecular weight excluding hydrogens is 263 g/mol. The lowest BCUT2D eigenvalue weighted by Gasteiger charge is -2.04. The number of halogens is 3. The van der Waals surface area contributed by atoms with Crippen molar-refractivity contribution in [2.24, 2.45) is 0 Å². The molecule has 2 rings (SSSR count). The Bertz CT molecular complexity index is 542. The smallest absolute Gasteiger partial charge is 0.427 e. The zero-order valence-corrected chi connectivity index (χ0v) is 10.5. The van der Waals surface area contributed by atoms with Gasteiger partial charge in [-0.25, -0.2) is 4.98 Å². The van der Waals surface area contributed by atoms with E-state index in [4.69, 9.17) is 4.74 Å². The number of aryl methyl sites for hydroxylation is 2. The Morgan fingerprint density at radius 1 is 1.11 bits per heavy atom. The van der Waals surface area contributed by atoms with Crippen LogP contribution in [0.5, 0.6) is 10.9 Å². The van der Waals surface area contributed by atoms with Crippen LogP contribution in [0, 0.1) is 13.8 Å². The molecule has 0 bridgehead atoms. The predicted octanol–water partition coefficient (Wildman–Crippen LogP) is 4.57. The van der Waals surface area contributed by atoms with Gasteiger partial charge in [-0.15, -0.1) is 0 Å². The van der Waals surface area contributed by atoms with Crippen molar-refractivity contribution in [3.8, 4) is 10.9 Å². The Kier molecular flexibility index (Phi) is 3.30. The molecular formula is C12H10F3NOS. The van der Waals surface area contributed by atoms with Crippen molar-refractivity contribution in [1.82, 2.24) is 4.98 Å². The largest absolute Gasteiger partial charge is 0.431 e. The van der Waals surface area contributed by atoms with Crippen LogP contribution in [0.25, 0.3) is 0 Å². The lowest BCUT2D eigenvalue weighted by Crippen LogP contribution is -2.00. The Labute approximate surface area is 106 Å². The van der Waals surface area contributed by atoms with Gasteiger partial charge in [-0.3, -0.25) is 0 Å². The summed E-state index contributed by atoms with van der Waals surface area (Å²) in [6, 6.07) is 5.46. The highest BCUT2D eigenvalue weighted by Crippen LogP contribution is 2.37. The Morgan fingerprint density at radius 3 is 2.22 bits per heavy atom. The monoisotopic (exact) mass is 273 g/mol. The fraction of sp³-hybridized carbons (Fsp3) is 0.250. The fourth-order valence-corrected chi connectivity index (χ4v) is 2.18. The summed E-state index contributed by atoms with van der Waals surface area (Å²) in [5, 5.41) is -0.00711. The van der Waals surface area contributed by atoms with Gasteiger partial charge in [0.05, 0.1) is 6.20 Å². The first-order chi connectivity index (χ1) is 8.34. The van der Waals surface area contributed by atoms with Crippen LogP contribution in [0.3, 0.4) is 0 Å². The average Bonchev–Trinajstić information content (AvgIpc) is 2.63. The minimum absolute atomic E-state index is 0.00711. The molecule has 0 atom stereocenters. The first-order valence-electron chi connectivity index (χ1n) is 5.14. The quantitative estimate of drug-likeness (QED) is 0.799. The molecule has 0 aliphatic rings. The molecule has 0 spiro atoms. The first-order valence-corrected chi connectivity index (χ1v) is 5.95. The van der Waals surface area contributed by atoms with Gasteiger partial charge in [0.15, 0.2) is 0 Å². The van der Waals surface area contributed by atoms with E-state index in [1.54, 1.807) is 12.1 Å². The lowest BCUT2D eigenvalue weighted by molar-refractivity contribution is -0.134. The van der Waals surface area contributed by atoms with Gasteiger partial charge in [0.2, 0.25) is 0 Å². The van der Waals surface area contributed by atoms with E-state index in [0.29, 0.717) is 17.1 Å². The van der Waals surface area contributed by atoms with Crippen molar-refractivity contribution in [3.05, 3.63) is 40.4 Å². The molecule has 0 unspecified atom stereocenters. The number of ether oxygens (including phenoxy) is 1. The van der Waals surface area contributed by atoms with Crippen LogP contribution in [0.1, 0.15) is 16.0 Å². The molecule has 0 aliphatic heterocycles. The van der Waals surface area contributed by atoms with Crippen LogP contribution >= 0.6 is 11.3 Å². The minimum atomic E-state index is -4.37. The number of hydrogen-bond acceptors (Lipinski definition) is 3. The maximum atomic E-state index is 12.4. The Balaban J connectivity index is 2.21. The van der Waals surface area contributed by atoms with Crippen LogP contribution in [-0.2, 0) is 6.18 Å². The molecule has 1 aromatic heterocycles. The summed E-state index contributed by atoms with van der Waals surface area (Å²) in [5.74, 6) is 0.496. The molecule has 18 heavy (non-hydrogen) atoms. The Morgan fingerprint density at radius 2 is 1.72 bits per heavy atom. The van der Waals surface area contributed by atoms with Gasteiger partial charge in [0.1, 0.15) is 10.6 Å². The number of benzene rings is 1. The van der Waals surface area contributed by atoms with E-state index in [0.717, 1.165) is 17.3 Å². The van der Waals surface area contributed by atoms with Crippen molar-refractivity contribution < 1.29 is 17.9 Å².